The molecule has 3 aromatic rings. The van der Waals surface area contributed by atoms with Crippen LogP contribution >= 0.6 is 0 Å². The molecule has 1 amide bonds. The molecule has 0 bridgehead atoms. The van der Waals surface area contributed by atoms with Gasteiger partial charge in [-0.2, -0.15) is 10.4 Å². The third-order valence-corrected chi connectivity index (χ3v) is 3.93. The first kappa shape index (κ1) is 20.4. The first-order chi connectivity index (χ1) is 14.6. The third-order valence-electron chi connectivity index (χ3n) is 3.93. The highest BCUT2D eigenvalue weighted by atomic mass is 16.5. The van der Waals surface area contributed by atoms with E-state index in [0.717, 1.165) is 0 Å². The Morgan fingerprint density at radius 1 is 1.27 bits per heavy atom. The van der Waals surface area contributed by atoms with E-state index < -0.39 is 6.09 Å². The van der Waals surface area contributed by atoms with Crippen LogP contribution in [0.1, 0.15) is 12.1 Å². The van der Waals surface area contributed by atoms with Gasteiger partial charge in [0, 0.05) is 12.6 Å². The lowest BCUT2D eigenvalue weighted by molar-refractivity contribution is 0.193. The van der Waals surface area contributed by atoms with Crippen LogP contribution in [0.5, 0.6) is 11.5 Å². The number of hydrogen-bond acceptors (Lipinski definition) is 8. The molecule has 0 unspecified atom stereocenters. The Hall–Kier alpha value is -4.33. The van der Waals surface area contributed by atoms with Crippen LogP contribution in [0.2, 0.25) is 0 Å². The Bertz CT molecular complexity index is 1040. The maximum Gasteiger partial charge on any atom is 0.404 e. The summed E-state index contributed by atoms with van der Waals surface area (Å²) in [5, 5.41) is 29.9. The standard InChI is InChI=1S/C19H19N7O4/c1-29-14-4-2-5-15(30-7-3-6-21-19(27)28)18(14)13-8-16(26-25-13)24-17-11-22-12(9-20)10-23-17/h2,4-5,8,10-11,21H,3,6-7H2,1H3,(H,27,28)(H2,23,24,25,26). The number of rotatable bonds is 9. The summed E-state index contributed by atoms with van der Waals surface area (Å²) in [6, 6.07) is 9.06. The number of aromatic amines is 1. The number of amides is 1. The second-order valence-electron chi connectivity index (χ2n) is 5.96. The van der Waals surface area contributed by atoms with Crippen LogP contribution in [0.15, 0.2) is 36.7 Å². The fraction of sp³-hybridized carbons (Fsp3) is 0.211. The van der Waals surface area contributed by atoms with E-state index in [2.05, 4.69) is 30.8 Å². The van der Waals surface area contributed by atoms with Gasteiger partial charge in [-0.05, 0) is 18.6 Å². The van der Waals surface area contributed by atoms with E-state index in [0.29, 0.717) is 54.0 Å². The van der Waals surface area contributed by atoms with Crippen molar-refractivity contribution in [2.75, 3.05) is 25.6 Å². The number of nitrogens with one attached hydrogen (secondary N) is 3. The molecule has 0 radical (unpaired) electrons. The van der Waals surface area contributed by atoms with Gasteiger partial charge in [-0.25, -0.2) is 14.8 Å². The first-order valence-corrected chi connectivity index (χ1v) is 8.92. The molecule has 154 valence electrons. The highest BCUT2D eigenvalue weighted by Crippen LogP contribution is 2.38. The van der Waals surface area contributed by atoms with Gasteiger partial charge in [0.15, 0.2) is 11.5 Å². The maximum atomic E-state index is 10.5. The molecule has 0 aliphatic rings. The number of aromatic nitrogens is 4. The smallest absolute Gasteiger partial charge is 0.404 e. The Labute approximate surface area is 171 Å². The van der Waals surface area contributed by atoms with E-state index in [1.807, 2.05) is 6.07 Å². The Morgan fingerprint density at radius 3 is 2.80 bits per heavy atom. The topological polar surface area (TPSA) is 158 Å². The number of nitrogens with zero attached hydrogens (tertiary/aromatic N) is 4. The minimum atomic E-state index is -1.07. The summed E-state index contributed by atoms with van der Waals surface area (Å²) < 4.78 is 11.3. The number of ether oxygens (including phenoxy) is 2. The molecule has 0 saturated carbocycles. The van der Waals surface area contributed by atoms with E-state index in [4.69, 9.17) is 19.8 Å². The van der Waals surface area contributed by atoms with Gasteiger partial charge in [-0.3, -0.25) is 5.10 Å². The monoisotopic (exact) mass is 409 g/mol. The average Bonchev–Trinajstić information content (AvgIpc) is 3.21. The highest BCUT2D eigenvalue weighted by molar-refractivity contribution is 5.76. The molecule has 0 spiro atoms. The Balaban J connectivity index is 1.75. The van der Waals surface area contributed by atoms with E-state index in [1.54, 1.807) is 31.4 Å². The molecule has 11 heteroatoms. The molecule has 30 heavy (non-hydrogen) atoms. The number of carbonyl (C=O) groups is 1. The largest absolute Gasteiger partial charge is 0.496 e. The molecule has 0 aliphatic carbocycles. The summed E-state index contributed by atoms with van der Waals surface area (Å²) >= 11 is 0. The second kappa shape index (κ2) is 9.74. The lowest BCUT2D eigenvalue weighted by Gasteiger charge is -2.13. The third kappa shape index (κ3) is 5.14. The van der Waals surface area contributed by atoms with Crippen molar-refractivity contribution in [3.05, 3.63) is 42.4 Å². The second-order valence-corrected chi connectivity index (χ2v) is 5.96. The normalized spacial score (nSPS) is 10.1. The quantitative estimate of drug-likeness (QED) is 0.390. The van der Waals surface area contributed by atoms with Gasteiger partial charge < -0.3 is 25.2 Å². The molecule has 0 aliphatic heterocycles. The van der Waals surface area contributed by atoms with Gasteiger partial charge in [-0.1, -0.05) is 6.07 Å². The summed E-state index contributed by atoms with van der Waals surface area (Å²) in [5.74, 6) is 2.09. The number of nitriles is 1. The zero-order valence-electron chi connectivity index (χ0n) is 16.0. The molecule has 2 aromatic heterocycles. The van der Waals surface area contributed by atoms with E-state index in [-0.39, 0.29) is 5.69 Å². The Kier molecular flexibility index (Phi) is 6.63. The number of H-pyrrole nitrogens is 1. The van der Waals surface area contributed by atoms with E-state index >= 15 is 0 Å². The molecule has 1 aromatic carbocycles. The van der Waals surface area contributed by atoms with Crippen molar-refractivity contribution in [3.63, 3.8) is 0 Å². The van der Waals surface area contributed by atoms with E-state index in [1.165, 1.54) is 12.4 Å². The maximum absolute atomic E-state index is 10.5. The van der Waals surface area contributed by atoms with Crippen LogP contribution in [0, 0.1) is 11.3 Å². The van der Waals surface area contributed by atoms with Crippen LogP contribution < -0.4 is 20.1 Å². The number of methoxy groups -OCH3 is 1. The molecule has 2 heterocycles. The number of anilines is 2. The predicted octanol–water partition coefficient (Wildman–Crippen LogP) is 2.53. The van der Waals surface area contributed by atoms with Crippen molar-refractivity contribution in [2.45, 2.75) is 6.42 Å². The molecule has 0 atom stereocenters. The van der Waals surface area contributed by atoms with Crippen molar-refractivity contribution in [3.8, 4) is 28.8 Å². The fourth-order valence-electron chi connectivity index (χ4n) is 2.61. The minimum absolute atomic E-state index is 0.220. The highest BCUT2D eigenvalue weighted by Gasteiger charge is 2.16. The van der Waals surface area contributed by atoms with Gasteiger partial charge in [-0.15, -0.1) is 0 Å². The predicted molar refractivity (Wildman–Crippen MR) is 107 cm³/mol. The van der Waals surface area contributed by atoms with Gasteiger partial charge in [0.1, 0.15) is 23.4 Å². The van der Waals surface area contributed by atoms with Gasteiger partial charge in [0.05, 0.1) is 37.4 Å². The summed E-state index contributed by atoms with van der Waals surface area (Å²) in [5.41, 5.74) is 1.55. The average molecular weight is 409 g/mol. The lowest BCUT2D eigenvalue weighted by Crippen LogP contribution is -2.23. The van der Waals surface area contributed by atoms with Crippen molar-refractivity contribution < 1.29 is 19.4 Å². The van der Waals surface area contributed by atoms with Crippen LogP contribution in [-0.4, -0.2) is 51.6 Å². The van der Waals surface area contributed by atoms with Crippen LogP contribution in [0.3, 0.4) is 0 Å². The first-order valence-electron chi connectivity index (χ1n) is 8.92. The molecule has 0 saturated heterocycles. The lowest BCUT2D eigenvalue weighted by atomic mass is 10.1. The van der Waals surface area contributed by atoms with Crippen molar-refractivity contribution >= 4 is 17.7 Å². The van der Waals surface area contributed by atoms with Gasteiger partial charge in [0.25, 0.3) is 0 Å². The molecule has 11 nitrogen and oxygen atoms in total. The molecule has 0 fully saturated rings. The van der Waals surface area contributed by atoms with Crippen molar-refractivity contribution in [2.24, 2.45) is 0 Å². The summed E-state index contributed by atoms with van der Waals surface area (Å²) in [4.78, 5) is 18.6. The van der Waals surface area contributed by atoms with E-state index in [9.17, 15) is 4.79 Å². The van der Waals surface area contributed by atoms with Crippen molar-refractivity contribution in [1.82, 2.24) is 25.5 Å². The van der Waals surface area contributed by atoms with Crippen LogP contribution in [0.4, 0.5) is 16.4 Å². The van der Waals surface area contributed by atoms with Gasteiger partial charge >= 0.3 is 6.09 Å². The SMILES string of the molecule is COc1cccc(OCCCNC(=O)O)c1-c1cc(Nc2cnc(C#N)cn2)n[nH]1. The molecule has 4 N–H and O–H groups in total. The fourth-order valence-corrected chi connectivity index (χ4v) is 2.61. The minimum Gasteiger partial charge on any atom is -0.496 e. The summed E-state index contributed by atoms with van der Waals surface area (Å²) in [7, 11) is 1.56. The van der Waals surface area contributed by atoms with Crippen LogP contribution in [0.25, 0.3) is 11.3 Å². The van der Waals surface area contributed by atoms with Crippen molar-refractivity contribution in [1.29, 1.82) is 5.26 Å². The zero-order valence-corrected chi connectivity index (χ0v) is 16.0. The zero-order chi connectivity index (χ0) is 21.3. The summed E-state index contributed by atoms with van der Waals surface area (Å²) in [6.45, 7) is 0.610. The number of carboxylic acid groups (broad SMARTS) is 1. The Morgan fingerprint density at radius 2 is 2.10 bits per heavy atom. The summed E-state index contributed by atoms with van der Waals surface area (Å²) in [6.07, 6.45) is 2.24. The van der Waals surface area contributed by atoms with Gasteiger partial charge in [0.2, 0.25) is 0 Å². The molecular formula is C19H19N7O4. The molecular weight excluding hydrogens is 390 g/mol. The number of hydrogen-bond donors (Lipinski definition) is 4. The molecule has 3 rings (SSSR count). The van der Waals surface area contributed by atoms with Crippen LogP contribution in [-0.2, 0) is 0 Å². The number of benzene rings is 1.